The maximum absolute atomic E-state index is 14.9. The van der Waals surface area contributed by atoms with Crippen LogP contribution in [0.15, 0.2) is 49.1 Å². The van der Waals surface area contributed by atoms with Crippen molar-refractivity contribution in [3.63, 3.8) is 0 Å². The molecule has 8 rings (SSSR count). The third-order valence-corrected chi connectivity index (χ3v) is 12.6. The first kappa shape index (κ1) is 48.0. The standard InChI is InChI=1S/C25H32ClFN6O3Si.C19H18ClFN6O2/c1-15(13-35-3)29-25(34)17-12-33(14-36-7-8-37(4,5)6)24-22(17)30-19(11-28-24)23-21-18(27)9-16(26)10-20(21)32(2)31-23;1-9(8-29-3)24-19(28)11-6-22-18-16(11)25-13(7-23-18)17-15-12(21)4-10(20)5-14(15)27(2)26-17/h9-12,15H,7-8,13-14H2,1-6H3,(H,29,34);4-7,9H,8H2,1-3H3,(H,22,23)(H,24,28)/t15-;9-/m00/s1. The normalized spacial score (nSPS) is 12.8. The van der Waals surface area contributed by atoms with Gasteiger partial charge in [-0.05, 0) is 44.2 Å². The Bertz CT molecular complexity index is 3090. The molecule has 0 saturated heterocycles. The lowest BCUT2D eigenvalue weighted by Gasteiger charge is -2.15. The van der Waals surface area contributed by atoms with Gasteiger partial charge in [-0.25, -0.2) is 28.7 Å². The van der Waals surface area contributed by atoms with Gasteiger partial charge in [-0.15, -0.1) is 0 Å². The van der Waals surface area contributed by atoms with Crippen LogP contribution in [0.3, 0.4) is 0 Å². The Morgan fingerprint density at radius 1 is 0.788 bits per heavy atom. The molecule has 22 heteroatoms. The molecule has 0 radical (unpaired) electrons. The van der Waals surface area contributed by atoms with Gasteiger partial charge in [-0.3, -0.25) is 19.0 Å². The molecule has 2 amide bonds. The summed E-state index contributed by atoms with van der Waals surface area (Å²) in [5.41, 5.74) is 4.76. The van der Waals surface area contributed by atoms with Crippen LogP contribution in [0.4, 0.5) is 8.78 Å². The molecule has 0 bridgehead atoms. The van der Waals surface area contributed by atoms with Crippen molar-refractivity contribution in [1.29, 1.82) is 0 Å². The quantitative estimate of drug-likeness (QED) is 0.0668. The van der Waals surface area contributed by atoms with E-state index >= 15 is 0 Å². The molecular formula is C44H50Cl2F2N12O5Si. The predicted octanol–water partition coefficient (Wildman–Crippen LogP) is 7.92. The van der Waals surface area contributed by atoms with Crippen molar-refractivity contribution in [1.82, 2.24) is 59.7 Å². The van der Waals surface area contributed by atoms with Crippen LogP contribution in [0.5, 0.6) is 0 Å². The second-order valence-corrected chi connectivity index (χ2v) is 23.6. The van der Waals surface area contributed by atoms with Crippen LogP contribution < -0.4 is 10.6 Å². The van der Waals surface area contributed by atoms with Gasteiger partial charge < -0.3 is 34.4 Å². The minimum Gasteiger partial charge on any atom is -0.383 e. The number of aromatic nitrogens is 10. The molecule has 0 unspecified atom stereocenters. The van der Waals surface area contributed by atoms with Crippen molar-refractivity contribution in [3.8, 4) is 22.8 Å². The van der Waals surface area contributed by atoms with E-state index in [4.69, 9.17) is 42.4 Å². The van der Waals surface area contributed by atoms with E-state index in [0.29, 0.717) is 92.5 Å². The van der Waals surface area contributed by atoms with Crippen LogP contribution >= 0.6 is 23.2 Å². The summed E-state index contributed by atoms with van der Waals surface area (Å²) in [6, 6.07) is 6.39. The number of nitrogens with one attached hydrogen (secondary N) is 3. The Morgan fingerprint density at radius 2 is 1.30 bits per heavy atom. The molecule has 6 heterocycles. The number of aryl methyl sites for hydroxylation is 2. The first-order valence-corrected chi connectivity index (χ1v) is 25.3. The third-order valence-electron chi connectivity index (χ3n) is 10.5. The van der Waals surface area contributed by atoms with Gasteiger partial charge in [0.2, 0.25) is 0 Å². The van der Waals surface area contributed by atoms with Gasteiger partial charge in [0.25, 0.3) is 11.8 Å². The summed E-state index contributed by atoms with van der Waals surface area (Å²) in [6.45, 7) is 12.1. The molecule has 0 aliphatic carbocycles. The SMILES string of the molecule is COC[C@H](C)NC(=O)c1c[nH]c2ncc(-c3nn(C)c4cc(Cl)cc(F)c34)nc12.COC[C@H](C)NC(=O)c1cn(COCC[Si](C)(C)C)c2ncc(-c3nn(C)c4cc(Cl)cc(F)c34)nc12. The average molecular weight is 964 g/mol. The van der Waals surface area contributed by atoms with Crippen LogP contribution in [0.1, 0.15) is 34.6 Å². The van der Waals surface area contributed by atoms with Crippen molar-refractivity contribution in [2.75, 3.05) is 34.0 Å². The van der Waals surface area contributed by atoms with Gasteiger partial charge in [0.05, 0.1) is 58.5 Å². The smallest absolute Gasteiger partial charge is 0.255 e. The van der Waals surface area contributed by atoms with Gasteiger partial charge in [-0.2, -0.15) is 10.2 Å². The average Bonchev–Trinajstić information content (AvgIpc) is 4.01. The highest BCUT2D eigenvalue weighted by atomic mass is 35.5. The van der Waals surface area contributed by atoms with Gasteiger partial charge in [0.1, 0.15) is 52.2 Å². The number of fused-ring (bicyclic) bond motifs is 4. The van der Waals surface area contributed by atoms with E-state index in [1.165, 1.54) is 29.2 Å². The highest BCUT2D eigenvalue weighted by Gasteiger charge is 2.24. The summed E-state index contributed by atoms with van der Waals surface area (Å²) in [6.07, 6.45) is 6.25. The van der Waals surface area contributed by atoms with E-state index in [-0.39, 0.29) is 46.1 Å². The first-order chi connectivity index (χ1) is 31.4. The molecule has 66 heavy (non-hydrogen) atoms. The molecule has 0 aliphatic rings. The number of H-pyrrole nitrogens is 1. The monoisotopic (exact) mass is 962 g/mol. The number of methoxy groups -OCH3 is 2. The van der Waals surface area contributed by atoms with Gasteiger partial charge >= 0.3 is 0 Å². The second-order valence-electron chi connectivity index (χ2n) is 17.1. The molecule has 0 spiro atoms. The summed E-state index contributed by atoms with van der Waals surface area (Å²) in [7, 11) is 5.29. The Kier molecular flexibility index (Phi) is 14.5. The Hall–Kier alpha value is -5.90. The number of rotatable bonds is 15. The maximum atomic E-state index is 14.9. The molecular weight excluding hydrogens is 914 g/mol. The number of aromatic amines is 1. The molecule has 0 aliphatic heterocycles. The van der Waals surface area contributed by atoms with Crippen LogP contribution in [0.25, 0.3) is 66.9 Å². The number of amides is 2. The van der Waals surface area contributed by atoms with E-state index < -0.39 is 19.7 Å². The van der Waals surface area contributed by atoms with Crippen LogP contribution in [-0.2, 0) is 35.0 Å². The second kappa shape index (κ2) is 19.9. The Balaban J connectivity index is 0.000000202. The van der Waals surface area contributed by atoms with E-state index in [0.717, 1.165) is 6.04 Å². The van der Waals surface area contributed by atoms with Crippen molar-refractivity contribution in [3.05, 3.63) is 81.9 Å². The Labute approximate surface area is 389 Å². The molecule has 2 aromatic carbocycles. The fourth-order valence-electron chi connectivity index (χ4n) is 7.30. The molecule has 0 fully saturated rings. The summed E-state index contributed by atoms with van der Waals surface area (Å²) < 4.78 is 50.5. The zero-order chi connectivity index (χ0) is 47.6. The molecule has 3 N–H and O–H groups in total. The highest BCUT2D eigenvalue weighted by Crippen LogP contribution is 2.34. The zero-order valence-electron chi connectivity index (χ0n) is 37.9. The van der Waals surface area contributed by atoms with Crippen LogP contribution in [-0.4, -0.2) is 115 Å². The van der Waals surface area contributed by atoms with Gasteiger partial charge in [0, 0.05) is 77.5 Å². The summed E-state index contributed by atoms with van der Waals surface area (Å²) >= 11 is 12.0. The summed E-state index contributed by atoms with van der Waals surface area (Å²) in [5.74, 6) is -1.63. The number of halogens is 4. The summed E-state index contributed by atoms with van der Waals surface area (Å²) in [5, 5.41) is 15.8. The van der Waals surface area contributed by atoms with Gasteiger partial charge in [0.15, 0.2) is 11.3 Å². The number of benzene rings is 2. The fraction of sp³-hybridized carbons (Fsp3) is 0.364. The predicted molar refractivity (Wildman–Crippen MR) is 252 cm³/mol. The van der Waals surface area contributed by atoms with Crippen LogP contribution in [0.2, 0.25) is 35.7 Å². The Morgan fingerprint density at radius 3 is 1.83 bits per heavy atom. The first-order valence-electron chi connectivity index (χ1n) is 20.9. The lowest BCUT2D eigenvalue weighted by molar-refractivity contribution is 0.0879. The topological polar surface area (TPSA) is 194 Å². The highest BCUT2D eigenvalue weighted by molar-refractivity contribution is 6.76. The number of carbonyl (C=O) groups is 2. The molecule has 6 aromatic heterocycles. The number of hydrogen-bond donors (Lipinski definition) is 3. The number of nitrogens with zero attached hydrogens (tertiary/aromatic N) is 9. The van der Waals surface area contributed by atoms with Gasteiger partial charge in [-0.1, -0.05) is 42.8 Å². The van der Waals surface area contributed by atoms with E-state index in [1.54, 1.807) is 62.1 Å². The number of carbonyl (C=O) groups excluding carboxylic acids is 2. The lowest BCUT2D eigenvalue weighted by Crippen LogP contribution is -2.35. The minimum absolute atomic E-state index is 0.174. The maximum Gasteiger partial charge on any atom is 0.255 e. The molecule has 17 nitrogen and oxygen atoms in total. The largest absolute Gasteiger partial charge is 0.383 e. The number of hydrogen-bond acceptors (Lipinski definition) is 11. The van der Waals surface area contributed by atoms with Crippen molar-refractivity contribution < 1.29 is 32.6 Å². The minimum atomic E-state index is -1.25. The molecule has 0 saturated carbocycles. The zero-order valence-corrected chi connectivity index (χ0v) is 40.4. The van der Waals surface area contributed by atoms with Crippen molar-refractivity contribution in [2.24, 2.45) is 14.1 Å². The van der Waals surface area contributed by atoms with E-state index in [9.17, 15) is 18.4 Å². The molecule has 2 atom stereocenters. The molecule has 348 valence electrons. The van der Waals surface area contributed by atoms with Crippen molar-refractivity contribution in [2.45, 2.75) is 58.3 Å². The number of ether oxygens (including phenoxy) is 3. The fourth-order valence-corrected chi connectivity index (χ4v) is 8.46. The summed E-state index contributed by atoms with van der Waals surface area (Å²) in [4.78, 5) is 46.9. The molecule has 8 aromatic rings. The third kappa shape index (κ3) is 10.4. The van der Waals surface area contributed by atoms with Crippen LogP contribution in [0, 0.1) is 11.6 Å². The van der Waals surface area contributed by atoms with E-state index in [1.807, 2.05) is 13.8 Å². The van der Waals surface area contributed by atoms with Crippen molar-refractivity contribution >= 4 is 87.2 Å². The lowest BCUT2D eigenvalue weighted by atomic mass is 10.1. The van der Waals surface area contributed by atoms with E-state index in [2.05, 4.69) is 60.4 Å².